The fourth-order valence-corrected chi connectivity index (χ4v) is 1.16. The second-order valence-corrected chi connectivity index (χ2v) is 2.54. The highest BCUT2D eigenvalue weighted by molar-refractivity contribution is 6.30. The smallest absolute Gasteiger partial charge is 0.131 e. The molecule has 2 N–H and O–H groups in total. The van der Waals surface area contributed by atoms with Gasteiger partial charge in [0.05, 0.1) is 5.69 Å². The standard InChI is InChI=1S/C6H10ClN3.2ClH/c1-4-5(3-8)6(7)10(2)9-4;;/h3,8H2,1-2H3;2*1H. The Morgan fingerprint density at radius 1 is 1.50 bits per heavy atom. The minimum absolute atomic E-state index is 0. The lowest BCUT2D eigenvalue weighted by atomic mass is 10.3. The Bertz CT molecular complexity index is 246. The molecule has 0 bridgehead atoms. The molecule has 0 aliphatic rings. The van der Waals surface area contributed by atoms with Gasteiger partial charge in [-0.05, 0) is 6.92 Å². The highest BCUT2D eigenvalue weighted by atomic mass is 35.5. The van der Waals surface area contributed by atoms with Crippen LogP contribution in [0.1, 0.15) is 11.3 Å². The number of hydrogen-bond donors (Lipinski definition) is 1. The van der Waals surface area contributed by atoms with E-state index in [2.05, 4.69) is 5.10 Å². The average molecular weight is 233 g/mol. The van der Waals surface area contributed by atoms with Crippen LogP contribution in [0.3, 0.4) is 0 Å². The van der Waals surface area contributed by atoms with E-state index >= 15 is 0 Å². The topological polar surface area (TPSA) is 43.8 Å². The third-order valence-corrected chi connectivity index (χ3v) is 1.95. The molecule has 0 aromatic carbocycles. The molecule has 0 spiro atoms. The van der Waals surface area contributed by atoms with Gasteiger partial charge in [-0.1, -0.05) is 11.6 Å². The first-order valence-electron chi connectivity index (χ1n) is 3.05. The van der Waals surface area contributed by atoms with Crippen molar-refractivity contribution in [3.05, 3.63) is 16.4 Å². The van der Waals surface area contributed by atoms with Gasteiger partial charge in [0, 0.05) is 19.2 Å². The van der Waals surface area contributed by atoms with Crippen molar-refractivity contribution in [1.82, 2.24) is 9.78 Å². The molecule has 0 atom stereocenters. The molecule has 1 aromatic rings. The number of aromatic nitrogens is 2. The van der Waals surface area contributed by atoms with Gasteiger partial charge in [-0.25, -0.2) is 0 Å². The van der Waals surface area contributed by atoms with Gasteiger partial charge in [0.15, 0.2) is 0 Å². The number of nitrogens with zero attached hydrogens (tertiary/aromatic N) is 2. The Hall–Kier alpha value is 0.0400. The second kappa shape index (κ2) is 5.65. The second-order valence-electron chi connectivity index (χ2n) is 2.18. The van der Waals surface area contributed by atoms with Crippen molar-refractivity contribution in [2.75, 3.05) is 0 Å². The molecule has 6 heteroatoms. The number of halogens is 3. The van der Waals surface area contributed by atoms with Gasteiger partial charge in [-0.2, -0.15) is 5.10 Å². The molecule has 72 valence electrons. The minimum Gasteiger partial charge on any atom is -0.326 e. The maximum Gasteiger partial charge on any atom is 0.131 e. The van der Waals surface area contributed by atoms with E-state index in [0.717, 1.165) is 11.3 Å². The Morgan fingerprint density at radius 3 is 2.17 bits per heavy atom. The predicted molar refractivity (Wildman–Crippen MR) is 55.3 cm³/mol. The van der Waals surface area contributed by atoms with E-state index in [1.807, 2.05) is 6.92 Å². The lowest BCUT2D eigenvalue weighted by molar-refractivity contribution is 0.757. The summed E-state index contributed by atoms with van der Waals surface area (Å²) in [6.07, 6.45) is 0. The highest BCUT2D eigenvalue weighted by Gasteiger charge is 2.07. The van der Waals surface area contributed by atoms with E-state index in [4.69, 9.17) is 17.3 Å². The van der Waals surface area contributed by atoms with Gasteiger partial charge < -0.3 is 5.73 Å². The summed E-state index contributed by atoms with van der Waals surface area (Å²) in [5, 5.41) is 4.73. The molecular weight excluding hydrogens is 220 g/mol. The van der Waals surface area contributed by atoms with E-state index in [1.165, 1.54) is 0 Å². The summed E-state index contributed by atoms with van der Waals surface area (Å²) in [5.74, 6) is 0. The van der Waals surface area contributed by atoms with E-state index in [9.17, 15) is 0 Å². The third-order valence-electron chi connectivity index (χ3n) is 1.47. The predicted octanol–water partition coefficient (Wildman–Crippen LogP) is 1.68. The number of hydrogen-bond acceptors (Lipinski definition) is 2. The summed E-state index contributed by atoms with van der Waals surface area (Å²) in [6.45, 7) is 2.35. The first kappa shape index (κ1) is 14.6. The molecule has 0 amide bonds. The lowest BCUT2D eigenvalue weighted by Gasteiger charge is -1.92. The summed E-state index contributed by atoms with van der Waals surface area (Å²) < 4.78 is 1.62. The first-order chi connectivity index (χ1) is 4.66. The zero-order chi connectivity index (χ0) is 7.72. The molecule has 0 aliphatic carbocycles. The van der Waals surface area contributed by atoms with Crippen LogP contribution in [0.5, 0.6) is 0 Å². The van der Waals surface area contributed by atoms with Crippen LogP contribution >= 0.6 is 36.4 Å². The van der Waals surface area contributed by atoms with E-state index in [0.29, 0.717) is 11.7 Å². The van der Waals surface area contributed by atoms with Crippen LogP contribution < -0.4 is 5.73 Å². The van der Waals surface area contributed by atoms with Gasteiger partial charge in [-0.15, -0.1) is 24.8 Å². The number of rotatable bonds is 1. The summed E-state index contributed by atoms with van der Waals surface area (Å²) in [7, 11) is 1.80. The molecule has 0 aliphatic heterocycles. The molecule has 0 fully saturated rings. The largest absolute Gasteiger partial charge is 0.326 e. The fraction of sp³-hybridized carbons (Fsp3) is 0.500. The fourth-order valence-electron chi connectivity index (χ4n) is 0.906. The molecule has 1 aromatic heterocycles. The first-order valence-corrected chi connectivity index (χ1v) is 3.42. The Morgan fingerprint density at radius 2 is 2.00 bits per heavy atom. The average Bonchev–Trinajstić information content (AvgIpc) is 2.09. The van der Waals surface area contributed by atoms with Crippen LogP contribution in [-0.2, 0) is 13.6 Å². The monoisotopic (exact) mass is 231 g/mol. The van der Waals surface area contributed by atoms with Crippen molar-refractivity contribution in [3.63, 3.8) is 0 Å². The Balaban J connectivity index is 0. The van der Waals surface area contributed by atoms with Crippen molar-refractivity contribution in [3.8, 4) is 0 Å². The van der Waals surface area contributed by atoms with Crippen LogP contribution in [0, 0.1) is 6.92 Å². The lowest BCUT2D eigenvalue weighted by Crippen LogP contribution is -1.97. The van der Waals surface area contributed by atoms with E-state index < -0.39 is 0 Å². The van der Waals surface area contributed by atoms with E-state index in [1.54, 1.807) is 11.7 Å². The van der Waals surface area contributed by atoms with Gasteiger partial charge >= 0.3 is 0 Å². The van der Waals surface area contributed by atoms with Crippen molar-refractivity contribution in [2.45, 2.75) is 13.5 Å². The highest BCUT2D eigenvalue weighted by Crippen LogP contribution is 2.16. The number of aryl methyl sites for hydroxylation is 2. The molecular formula is C6H12Cl3N3. The summed E-state index contributed by atoms with van der Waals surface area (Å²) in [5.41, 5.74) is 7.27. The number of nitrogens with two attached hydrogens (primary N) is 1. The molecule has 12 heavy (non-hydrogen) atoms. The van der Waals surface area contributed by atoms with Crippen LogP contribution in [-0.4, -0.2) is 9.78 Å². The van der Waals surface area contributed by atoms with Crippen LogP contribution in [0.15, 0.2) is 0 Å². The molecule has 0 saturated heterocycles. The van der Waals surface area contributed by atoms with Crippen molar-refractivity contribution in [2.24, 2.45) is 12.8 Å². The molecule has 0 saturated carbocycles. The zero-order valence-corrected chi connectivity index (χ0v) is 9.26. The SMILES string of the molecule is Cc1nn(C)c(Cl)c1CN.Cl.Cl. The Kier molecular flexibility index (Phi) is 6.85. The molecule has 0 unspecified atom stereocenters. The van der Waals surface area contributed by atoms with Gasteiger partial charge in [0.25, 0.3) is 0 Å². The maximum atomic E-state index is 5.83. The van der Waals surface area contributed by atoms with Crippen molar-refractivity contribution < 1.29 is 0 Å². The van der Waals surface area contributed by atoms with Crippen molar-refractivity contribution in [1.29, 1.82) is 0 Å². The van der Waals surface area contributed by atoms with E-state index in [-0.39, 0.29) is 24.8 Å². The van der Waals surface area contributed by atoms with Gasteiger partial charge in [0.2, 0.25) is 0 Å². The van der Waals surface area contributed by atoms with Crippen LogP contribution in [0.4, 0.5) is 0 Å². The molecule has 3 nitrogen and oxygen atoms in total. The minimum atomic E-state index is 0. The zero-order valence-electron chi connectivity index (χ0n) is 6.87. The quantitative estimate of drug-likeness (QED) is 0.801. The van der Waals surface area contributed by atoms with Crippen molar-refractivity contribution >= 4 is 36.4 Å². The third kappa shape index (κ3) is 2.52. The van der Waals surface area contributed by atoms with Gasteiger partial charge in [0.1, 0.15) is 5.15 Å². The maximum absolute atomic E-state index is 5.83. The summed E-state index contributed by atoms with van der Waals surface area (Å²) in [6, 6.07) is 0. The van der Waals surface area contributed by atoms with Crippen LogP contribution in [0.2, 0.25) is 5.15 Å². The normalized spacial score (nSPS) is 8.67. The molecule has 0 radical (unpaired) electrons. The summed E-state index contributed by atoms with van der Waals surface area (Å²) in [4.78, 5) is 0. The van der Waals surface area contributed by atoms with Gasteiger partial charge in [-0.3, -0.25) is 4.68 Å². The van der Waals surface area contributed by atoms with Crippen LogP contribution in [0.25, 0.3) is 0 Å². The summed E-state index contributed by atoms with van der Waals surface area (Å²) >= 11 is 5.83. The molecule has 1 rings (SSSR count). The molecule has 1 heterocycles. The Labute approximate surface area is 89.1 Å².